The highest BCUT2D eigenvalue weighted by atomic mass is 16.6. The number of benzene rings is 1. The maximum atomic E-state index is 12.3. The minimum atomic E-state index is -1.04. The molecule has 0 aromatic heterocycles. The molecular formula is C35H60N2O8. The van der Waals surface area contributed by atoms with E-state index in [9.17, 15) is 14.4 Å². The molecule has 1 aromatic carbocycles. The highest BCUT2D eigenvalue weighted by Gasteiger charge is 2.23. The Kier molecular flexibility index (Phi) is 25.5. The van der Waals surface area contributed by atoms with Crippen LogP contribution >= 0.6 is 0 Å². The van der Waals surface area contributed by atoms with E-state index in [1.54, 1.807) is 0 Å². The summed E-state index contributed by atoms with van der Waals surface area (Å²) in [5.74, 6) is -0.660. The summed E-state index contributed by atoms with van der Waals surface area (Å²) >= 11 is 0. The first-order chi connectivity index (χ1) is 22.0. The molecule has 0 aliphatic carbocycles. The van der Waals surface area contributed by atoms with Crippen molar-refractivity contribution in [2.24, 2.45) is 0 Å². The van der Waals surface area contributed by atoms with Gasteiger partial charge in [0.15, 0.2) is 6.04 Å². The molecule has 10 nitrogen and oxygen atoms in total. The van der Waals surface area contributed by atoms with Gasteiger partial charge >= 0.3 is 18.2 Å². The Morgan fingerprint density at radius 3 is 1.69 bits per heavy atom. The quantitative estimate of drug-likeness (QED) is 0.0552. The number of hydrogen-bond donors (Lipinski definition) is 2. The number of carbonyl (C=O) groups excluding carboxylic acids is 3. The van der Waals surface area contributed by atoms with Crippen LogP contribution in [0.3, 0.4) is 0 Å². The lowest BCUT2D eigenvalue weighted by Crippen LogP contribution is -2.45. The van der Waals surface area contributed by atoms with Crippen LogP contribution in [0.2, 0.25) is 0 Å². The van der Waals surface area contributed by atoms with Crippen LogP contribution in [0.25, 0.3) is 0 Å². The Morgan fingerprint density at radius 1 is 0.667 bits per heavy atom. The predicted molar refractivity (Wildman–Crippen MR) is 176 cm³/mol. The summed E-state index contributed by atoms with van der Waals surface area (Å²) in [7, 11) is 2.65. The summed E-state index contributed by atoms with van der Waals surface area (Å²) < 4.78 is 25.9. The molecule has 2 atom stereocenters. The monoisotopic (exact) mass is 636 g/mol. The molecule has 45 heavy (non-hydrogen) atoms. The molecule has 2 unspecified atom stereocenters. The second-order valence-corrected chi connectivity index (χ2v) is 11.5. The molecule has 0 radical (unpaired) electrons. The fourth-order valence-electron chi connectivity index (χ4n) is 4.80. The van der Waals surface area contributed by atoms with Crippen molar-refractivity contribution in [3.63, 3.8) is 0 Å². The van der Waals surface area contributed by atoms with Gasteiger partial charge in [0.25, 0.3) is 0 Å². The van der Waals surface area contributed by atoms with Gasteiger partial charge in [0.1, 0.15) is 19.3 Å². The average Bonchev–Trinajstić information content (AvgIpc) is 3.05. The van der Waals surface area contributed by atoms with E-state index in [1.807, 2.05) is 30.3 Å². The van der Waals surface area contributed by atoms with Crippen LogP contribution in [-0.4, -0.2) is 70.9 Å². The van der Waals surface area contributed by atoms with Crippen molar-refractivity contribution in [3.05, 3.63) is 35.9 Å². The van der Waals surface area contributed by atoms with Crippen molar-refractivity contribution < 1.29 is 38.1 Å². The fourth-order valence-corrected chi connectivity index (χ4v) is 4.80. The summed E-state index contributed by atoms with van der Waals surface area (Å²) in [6.07, 6.45) is 18.8. The maximum Gasteiger partial charge on any atom is 0.408 e. The van der Waals surface area contributed by atoms with Gasteiger partial charge in [-0.05, 0) is 12.0 Å². The molecule has 0 bridgehead atoms. The molecule has 0 saturated carbocycles. The van der Waals surface area contributed by atoms with Gasteiger partial charge in [0.2, 0.25) is 0 Å². The maximum absolute atomic E-state index is 12.3. The normalized spacial score (nSPS) is 12.2. The first-order valence-electron chi connectivity index (χ1n) is 17.1. The molecule has 0 aliphatic heterocycles. The average molecular weight is 637 g/mol. The van der Waals surface area contributed by atoms with Gasteiger partial charge in [-0.15, -0.1) is 0 Å². The third-order valence-electron chi connectivity index (χ3n) is 7.61. The van der Waals surface area contributed by atoms with Gasteiger partial charge in [-0.1, -0.05) is 134 Å². The highest BCUT2D eigenvalue weighted by molar-refractivity contribution is 5.81. The zero-order chi connectivity index (χ0) is 32.8. The molecule has 0 heterocycles. The first-order valence-corrected chi connectivity index (χ1v) is 17.1. The number of rotatable bonds is 28. The Bertz CT molecular complexity index is 870. The fraction of sp³-hybridized carbons (Fsp3) is 0.743. The van der Waals surface area contributed by atoms with Crippen molar-refractivity contribution in [2.45, 2.75) is 128 Å². The number of carbonyl (C=O) groups is 3. The number of ether oxygens (including phenoxy) is 5. The van der Waals surface area contributed by atoms with E-state index in [-0.39, 0.29) is 26.4 Å². The number of nitrogens with one attached hydrogen (secondary N) is 2. The second-order valence-electron chi connectivity index (χ2n) is 11.5. The van der Waals surface area contributed by atoms with Gasteiger partial charge in [0, 0.05) is 13.7 Å². The number of hydrogen-bond acceptors (Lipinski definition) is 8. The molecule has 2 amide bonds. The second kappa shape index (κ2) is 28.6. The molecule has 258 valence electrons. The molecule has 1 rings (SSSR count). The van der Waals surface area contributed by atoms with Crippen LogP contribution in [-0.2, 0) is 35.1 Å². The molecule has 0 spiro atoms. The molecule has 10 heteroatoms. The topological polar surface area (TPSA) is 121 Å². The van der Waals surface area contributed by atoms with Crippen molar-refractivity contribution in [1.82, 2.24) is 10.6 Å². The van der Waals surface area contributed by atoms with Crippen LogP contribution in [0.5, 0.6) is 0 Å². The zero-order valence-electron chi connectivity index (χ0n) is 28.2. The summed E-state index contributed by atoms with van der Waals surface area (Å²) in [4.78, 5) is 36.4. The first kappa shape index (κ1) is 40.2. The number of amides is 2. The van der Waals surface area contributed by atoms with E-state index >= 15 is 0 Å². The van der Waals surface area contributed by atoms with Crippen molar-refractivity contribution >= 4 is 18.2 Å². The van der Waals surface area contributed by atoms with Crippen molar-refractivity contribution in [2.75, 3.05) is 40.6 Å². The van der Waals surface area contributed by atoms with Gasteiger partial charge < -0.3 is 34.3 Å². The Labute approximate surface area is 271 Å². The Balaban J connectivity index is 2.05. The number of esters is 1. The van der Waals surface area contributed by atoms with E-state index < -0.39 is 30.3 Å². The summed E-state index contributed by atoms with van der Waals surface area (Å²) in [6, 6.07) is 8.40. The minimum absolute atomic E-state index is 0.0881. The molecule has 2 N–H and O–H groups in total. The van der Waals surface area contributed by atoms with Gasteiger partial charge in [-0.25, -0.2) is 14.4 Å². The lowest BCUT2D eigenvalue weighted by atomic mass is 10.0. The largest absolute Gasteiger partial charge is 0.467 e. The van der Waals surface area contributed by atoms with Gasteiger partial charge in [-0.3, -0.25) is 0 Å². The lowest BCUT2D eigenvalue weighted by molar-refractivity contribution is -0.144. The summed E-state index contributed by atoms with van der Waals surface area (Å²) in [5, 5.41) is 5.19. The van der Waals surface area contributed by atoms with E-state index in [2.05, 4.69) is 17.6 Å². The van der Waals surface area contributed by atoms with Crippen LogP contribution in [0.15, 0.2) is 30.3 Å². The lowest BCUT2D eigenvalue weighted by Gasteiger charge is -2.19. The standard InChI is InChI=1S/C35H60N2O8/c1-4-5-6-7-8-9-10-11-12-13-14-15-16-17-18-22-25-36-34(39)44-27-31(41-2)28-45-35(40)37-32(33(38)42-3)29-43-26-30-23-20-19-21-24-30/h19-21,23-24,31-32H,4-18,22,25-29H2,1-3H3,(H,36,39)(H,37,40). The highest BCUT2D eigenvalue weighted by Crippen LogP contribution is 2.13. The Hall–Kier alpha value is -2.85. The van der Waals surface area contributed by atoms with Crippen LogP contribution in [0, 0.1) is 0 Å². The number of unbranched alkanes of at least 4 members (excludes halogenated alkanes) is 15. The van der Waals surface area contributed by atoms with E-state index in [0.29, 0.717) is 6.54 Å². The SMILES string of the molecule is CCCCCCCCCCCCCCCCCCNC(=O)OCC(COC(=O)NC(COCc1ccccc1)C(=O)OC)OC. The smallest absolute Gasteiger partial charge is 0.408 e. The molecular weight excluding hydrogens is 576 g/mol. The predicted octanol–water partition coefficient (Wildman–Crippen LogP) is 7.47. The number of methoxy groups -OCH3 is 2. The molecule has 0 fully saturated rings. The summed E-state index contributed by atoms with van der Waals surface area (Å²) in [5.41, 5.74) is 0.931. The third kappa shape index (κ3) is 23.2. The van der Waals surface area contributed by atoms with Gasteiger partial charge in [0.05, 0.1) is 20.3 Å². The van der Waals surface area contributed by atoms with Crippen LogP contribution in [0.4, 0.5) is 9.59 Å². The van der Waals surface area contributed by atoms with Gasteiger partial charge in [-0.2, -0.15) is 0 Å². The zero-order valence-corrected chi connectivity index (χ0v) is 28.2. The van der Waals surface area contributed by atoms with Crippen molar-refractivity contribution in [3.8, 4) is 0 Å². The van der Waals surface area contributed by atoms with Crippen LogP contribution in [0.1, 0.15) is 115 Å². The van der Waals surface area contributed by atoms with Crippen molar-refractivity contribution in [1.29, 1.82) is 0 Å². The number of alkyl carbamates (subject to hydrolysis) is 2. The molecule has 0 saturated heterocycles. The minimum Gasteiger partial charge on any atom is -0.467 e. The molecule has 0 aliphatic rings. The van der Waals surface area contributed by atoms with Crippen LogP contribution < -0.4 is 10.6 Å². The third-order valence-corrected chi connectivity index (χ3v) is 7.61. The molecule has 1 aromatic rings. The summed E-state index contributed by atoms with van der Waals surface area (Å²) in [6.45, 7) is 2.74. The van der Waals surface area contributed by atoms with E-state index in [0.717, 1.165) is 18.4 Å². The van der Waals surface area contributed by atoms with E-state index in [4.69, 9.17) is 23.7 Å². The van der Waals surface area contributed by atoms with E-state index in [1.165, 1.54) is 104 Å². The Morgan fingerprint density at radius 2 is 1.18 bits per heavy atom.